The number of likely N-dealkylation sites (tertiary alicyclic amines) is 1. The van der Waals surface area contributed by atoms with Crippen molar-refractivity contribution >= 4 is 23.4 Å². The zero-order chi connectivity index (χ0) is 13.6. The minimum Gasteiger partial charge on any atom is -0.329 e. The highest BCUT2D eigenvalue weighted by molar-refractivity contribution is 7.71. The Morgan fingerprint density at radius 3 is 3.00 bits per heavy atom. The van der Waals surface area contributed by atoms with Crippen molar-refractivity contribution in [3.05, 3.63) is 22.6 Å². The summed E-state index contributed by atoms with van der Waals surface area (Å²) in [4.78, 5) is 10.3. The van der Waals surface area contributed by atoms with Gasteiger partial charge in [-0.15, -0.1) is 0 Å². The van der Waals surface area contributed by atoms with Crippen LogP contribution >= 0.6 is 12.2 Å². The van der Waals surface area contributed by atoms with E-state index < -0.39 is 0 Å². The fraction of sp³-hybridized carbons (Fsp3) is 0.571. The average molecular weight is 276 g/mol. The molecule has 1 saturated heterocycles. The van der Waals surface area contributed by atoms with Crippen molar-refractivity contribution in [3.8, 4) is 0 Å². The number of rotatable bonds is 1. The molecule has 0 aliphatic carbocycles. The Morgan fingerprint density at radius 1 is 1.47 bits per heavy atom. The van der Waals surface area contributed by atoms with E-state index in [9.17, 15) is 0 Å². The molecule has 2 atom stereocenters. The third kappa shape index (κ3) is 2.11. The molecule has 5 heteroatoms. The molecule has 2 aromatic heterocycles. The lowest BCUT2D eigenvalue weighted by Gasteiger charge is -2.35. The predicted octanol–water partition coefficient (Wildman–Crippen LogP) is 2.92. The number of piperidine rings is 1. The van der Waals surface area contributed by atoms with Gasteiger partial charge in [-0.05, 0) is 56.7 Å². The van der Waals surface area contributed by atoms with Crippen LogP contribution in [0.25, 0.3) is 11.2 Å². The van der Waals surface area contributed by atoms with Crippen LogP contribution in [0.4, 0.5) is 0 Å². The summed E-state index contributed by atoms with van der Waals surface area (Å²) in [6.45, 7) is 6.63. The first kappa shape index (κ1) is 12.8. The zero-order valence-electron chi connectivity index (χ0n) is 11.7. The molecule has 3 rings (SSSR count). The van der Waals surface area contributed by atoms with Gasteiger partial charge in [0.2, 0.25) is 0 Å². The van der Waals surface area contributed by atoms with Crippen molar-refractivity contribution < 1.29 is 0 Å². The topological polar surface area (TPSA) is 36.9 Å². The van der Waals surface area contributed by atoms with E-state index in [4.69, 9.17) is 12.2 Å². The molecule has 1 aliphatic rings. The van der Waals surface area contributed by atoms with Crippen molar-refractivity contribution in [2.75, 3.05) is 20.1 Å². The zero-order valence-corrected chi connectivity index (χ0v) is 12.5. The Bertz CT molecular complexity index is 657. The molecule has 2 aromatic rings. The van der Waals surface area contributed by atoms with Crippen LogP contribution < -0.4 is 0 Å². The molecule has 1 aliphatic heterocycles. The Labute approximate surface area is 118 Å². The molecule has 2 unspecified atom stereocenters. The van der Waals surface area contributed by atoms with Gasteiger partial charge in [0.1, 0.15) is 0 Å². The van der Waals surface area contributed by atoms with Crippen LogP contribution in [-0.2, 0) is 0 Å². The largest absolute Gasteiger partial charge is 0.329 e. The van der Waals surface area contributed by atoms with E-state index in [-0.39, 0.29) is 0 Å². The summed E-state index contributed by atoms with van der Waals surface area (Å²) in [7, 11) is 2.18. The van der Waals surface area contributed by atoms with Gasteiger partial charge >= 0.3 is 0 Å². The van der Waals surface area contributed by atoms with E-state index in [0.29, 0.717) is 12.0 Å². The number of aromatic amines is 1. The van der Waals surface area contributed by atoms with Crippen LogP contribution in [-0.4, -0.2) is 39.6 Å². The van der Waals surface area contributed by atoms with Gasteiger partial charge in [-0.2, -0.15) is 0 Å². The maximum absolute atomic E-state index is 5.53. The second-order valence-electron chi connectivity index (χ2n) is 5.72. The van der Waals surface area contributed by atoms with Crippen LogP contribution in [0.2, 0.25) is 0 Å². The molecule has 19 heavy (non-hydrogen) atoms. The summed E-state index contributed by atoms with van der Waals surface area (Å²) >= 11 is 5.53. The summed E-state index contributed by atoms with van der Waals surface area (Å²) in [5, 5.41) is 0. The van der Waals surface area contributed by atoms with Gasteiger partial charge in [-0.3, -0.25) is 4.57 Å². The third-order valence-electron chi connectivity index (χ3n) is 4.21. The second-order valence-corrected chi connectivity index (χ2v) is 6.11. The molecule has 4 nitrogen and oxygen atoms in total. The van der Waals surface area contributed by atoms with Gasteiger partial charge in [0.15, 0.2) is 10.4 Å². The van der Waals surface area contributed by atoms with Crippen LogP contribution in [0.3, 0.4) is 0 Å². The normalized spacial score (nSPS) is 25.0. The van der Waals surface area contributed by atoms with Crippen molar-refractivity contribution in [1.82, 2.24) is 19.4 Å². The standard InChI is InChI=1S/C14H20N4S/c1-9-4-6-15-13-12(9)16-14(19)18(13)11-5-7-17(3)8-10(11)2/h4,6,10-11H,5,7-8H2,1-3H3,(H,16,19). The van der Waals surface area contributed by atoms with Gasteiger partial charge in [0.05, 0.1) is 5.52 Å². The number of nitrogens with one attached hydrogen (secondary N) is 1. The molecule has 0 aromatic carbocycles. The molecule has 0 amide bonds. The Kier molecular flexibility index (Phi) is 3.19. The maximum atomic E-state index is 5.53. The van der Waals surface area contributed by atoms with Gasteiger partial charge in [0.25, 0.3) is 0 Å². The molecule has 1 fully saturated rings. The molecule has 0 saturated carbocycles. The van der Waals surface area contributed by atoms with E-state index in [0.717, 1.165) is 35.4 Å². The summed E-state index contributed by atoms with van der Waals surface area (Å²) in [5.41, 5.74) is 3.29. The lowest BCUT2D eigenvalue weighted by Crippen LogP contribution is -2.37. The molecular formula is C14H20N4S. The lowest BCUT2D eigenvalue weighted by molar-refractivity contribution is 0.160. The molecule has 1 N–H and O–H groups in total. The average Bonchev–Trinajstić information content (AvgIpc) is 2.68. The predicted molar refractivity (Wildman–Crippen MR) is 80.0 cm³/mol. The minimum absolute atomic E-state index is 0.451. The molecule has 0 spiro atoms. The number of hydrogen-bond donors (Lipinski definition) is 1. The molecule has 3 heterocycles. The number of nitrogens with zero attached hydrogens (tertiary/aromatic N) is 3. The first-order valence-corrected chi connectivity index (χ1v) is 7.23. The first-order chi connectivity index (χ1) is 9.08. The number of hydrogen-bond acceptors (Lipinski definition) is 3. The van der Waals surface area contributed by atoms with Gasteiger partial charge in [-0.1, -0.05) is 6.92 Å². The second kappa shape index (κ2) is 4.72. The SMILES string of the molecule is Cc1ccnc2c1[nH]c(=S)n2C1CCN(C)CC1C. The highest BCUT2D eigenvalue weighted by atomic mass is 32.1. The van der Waals surface area contributed by atoms with Crippen molar-refractivity contribution in [3.63, 3.8) is 0 Å². The monoisotopic (exact) mass is 276 g/mol. The Hall–Kier alpha value is -1.20. The van der Waals surface area contributed by atoms with Crippen molar-refractivity contribution in [1.29, 1.82) is 0 Å². The number of fused-ring (bicyclic) bond motifs is 1. The summed E-state index contributed by atoms with van der Waals surface area (Å²) in [6, 6.07) is 2.47. The highest BCUT2D eigenvalue weighted by Gasteiger charge is 2.27. The van der Waals surface area contributed by atoms with Crippen LogP contribution in [0.1, 0.15) is 24.9 Å². The van der Waals surface area contributed by atoms with Gasteiger partial charge in [0, 0.05) is 18.8 Å². The quantitative estimate of drug-likeness (QED) is 0.814. The summed E-state index contributed by atoms with van der Waals surface area (Å²) in [5.74, 6) is 0.590. The van der Waals surface area contributed by atoms with E-state index in [1.807, 2.05) is 12.3 Å². The van der Waals surface area contributed by atoms with Crippen molar-refractivity contribution in [2.45, 2.75) is 26.3 Å². The van der Waals surface area contributed by atoms with Crippen LogP contribution in [0, 0.1) is 17.6 Å². The van der Waals surface area contributed by atoms with Crippen LogP contribution in [0.15, 0.2) is 12.3 Å². The number of H-pyrrole nitrogens is 1. The van der Waals surface area contributed by atoms with E-state index in [2.05, 4.69) is 40.3 Å². The third-order valence-corrected chi connectivity index (χ3v) is 4.51. The fourth-order valence-electron chi connectivity index (χ4n) is 3.18. The highest BCUT2D eigenvalue weighted by Crippen LogP contribution is 2.30. The number of aryl methyl sites for hydroxylation is 1. The summed E-state index contributed by atoms with van der Waals surface area (Å²) < 4.78 is 3.04. The summed E-state index contributed by atoms with van der Waals surface area (Å²) in [6.07, 6.45) is 3.00. The van der Waals surface area contributed by atoms with E-state index in [1.165, 1.54) is 5.56 Å². The smallest absolute Gasteiger partial charge is 0.179 e. The number of aromatic nitrogens is 3. The Morgan fingerprint density at radius 2 is 2.26 bits per heavy atom. The van der Waals surface area contributed by atoms with E-state index in [1.54, 1.807) is 0 Å². The number of imidazole rings is 1. The molecule has 0 bridgehead atoms. The molecular weight excluding hydrogens is 256 g/mol. The van der Waals surface area contributed by atoms with E-state index >= 15 is 0 Å². The van der Waals surface area contributed by atoms with Gasteiger partial charge in [-0.25, -0.2) is 4.98 Å². The van der Waals surface area contributed by atoms with Gasteiger partial charge < -0.3 is 9.88 Å². The first-order valence-electron chi connectivity index (χ1n) is 6.82. The van der Waals surface area contributed by atoms with Crippen molar-refractivity contribution in [2.24, 2.45) is 5.92 Å². The lowest BCUT2D eigenvalue weighted by atomic mass is 9.94. The molecule has 102 valence electrons. The molecule has 0 radical (unpaired) electrons. The Balaban J connectivity index is 2.12. The fourth-order valence-corrected chi connectivity index (χ4v) is 3.50. The maximum Gasteiger partial charge on any atom is 0.179 e. The number of pyridine rings is 1. The minimum atomic E-state index is 0.451. The van der Waals surface area contributed by atoms with Crippen LogP contribution in [0.5, 0.6) is 0 Å².